The second-order valence-corrected chi connectivity index (χ2v) is 5.16. The Morgan fingerprint density at radius 2 is 2.12 bits per heavy atom. The largest absolute Gasteiger partial charge is 0.385 e. The smallest absolute Gasteiger partial charge is 0.0639 e. The van der Waals surface area contributed by atoms with Crippen molar-refractivity contribution in [1.82, 2.24) is 0 Å². The molecule has 17 heavy (non-hydrogen) atoms. The Kier molecular flexibility index (Phi) is 7.92. The van der Waals surface area contributed by atoms with Crippen molar-refractivity contribution < 1.29 is 9.47 Å². The van der Waals surface area contributed by atoms with Crippen LogP contribution in [0, 0.1) is 3.57 Å². The quantitative estimate of drug-likeness (QED) is 0.563. The number of hydrogen-bond donors (Lipinski definition) is 1. The van der Waals surface area contributed by atoms with Gasteiger partial charge in [0, 0.05) is 30.4 Å². The van der Waals surface area contributed by atoms with E-state index in [0.717, 1.165) is 40.5 Å². The van der Waals surface area contributed by atoms with E-state index < -0.39 is 0 Å². The van der Waals surface area contributed by atoms with Crippen LogP contribution in [0.5, 0.6) is 0 Å². The maximum absolute atomic E-state index is 6.05. The molecule has 1 N–H and O–H groups in total. The molecule has 0 radical (unpaired) electrons. The van der Waals surface area contributed by atoms with E-state index in [1.807, 2.05) is 18.2 Å². The fraction of sp³-hybridized carbons (Fsp3) is 0.500. The number of hydrogen-bond acceptors (Lipinski definition) is 3. The first-order valence-corrected chi connectivity index (χ1v) is 6.95. The van der Waals surface area contributed by atoms with Crippen molar-refractivity contribution in [2.45, 2.75) is 6.42 Å². The molecule has 0 bridgehead atoms. The van der Waals surface area contributed by atoms with E-state index >= 15 is 0 Å². The van der Waals surface area contributed by atoms with Crippen LogP contribution in [0.15, 0.2) is 18.2 Å². The molecule has 1 aromatic carbocycles. The van der Waals surface area contributed by atoms with Gasteiger partial charge >= 0.3 is 0 Å². The lowest BCUT2D eigenvalue weighted by atomic mass is 10.3. The lowest BCUT2D eigenvalue weighted by molar-refractivity contribution is 0.109. The molecule has 0 atom stereocenters. The molecule has 0 aromatic heterocycles. The van der Waals surface area contributed by atoms with Gasteiger partial charge in [-0.05, 0) is 47.2 Å². The maximum atomic E-state index is 6.05. The topological polar surface area (TPSA) is 30.5 Å². The third-order valence-electron chi connectivity index (χ3n) is 2.13. The maximum Gasteiger partial charge on any atom is 0.0639 e. The van der Waals surface area contributed by atoms with Gasteiger partial charge in [0.05, 0.1) is 17.3 Å². The Bertz CT molecular complexity index is 336. The van der Waals surface area contributed by atoms with Crippen molar-refractivity contribution in [3.8, 4) is 0 Å². The summed E-state index contributed by atoms with van der Waals surface area (Å²) < 4.78 is 11.5. The average Bonchev–Trinajstić information content (AvgIpc) is 2.32. The van der Waals surface area contributed by atoms with E-state index in [2.05, 4.69) is 27.9 Å². The van der Waals surface area contributed by atoms with Crippen LogP contribution in [0.3, 0.4) is 0 Å². The van der Waals surface area contributed by atoms with Crippen LogP contribution in [0.25, 0.3) is 0 Å². The van der Waals surface area contributed by atoms with Crippen molar-refractivity contribution in [2.24, 2.45) is 0 Å². The third-order valence-corrected chi connectivity index (χ3v) is 3.13. The third kappa shape index (κ3) is 6.45. The van der Waals surface area contributed by atoms with Gasteiger partial charge in [0.15, 0.2) is 0 Å². The molecular formula is C12H17ClINO2. The van der Waals surface area contributed by atoms with E-state index in [1.165, 1.54) is 0 Å². The van der Waals surface area contributed by atoms with Crippen molar-refractivity contribution >= 4 is 39.9 Å². The highest BCUT2D eigenvalue weighted by Crippen LogP contribution is 2.23. The molecule has 0 aliphatic carbocycles. The fourth-order valence-corrected chi connectivity index (χ4v) is 1.97. The lowest BCUT2D eigenvalue weighted by Gasteiger charge is -2.09. The SMILES string of the molecule is COCCCOCCNc1cc(I)ccc1Cl. The van der Waals surface area contributed by atoms with Crippen LogP contribution in [-0.2, 0) is 9.47 Å². The van der Waals surface area contributed by atoms with Crippen LogP contribution < -0.4 is 5.32 Å². The molecular weight excluding hydrogens is 352 g/mol. The predicted octanol–water partition coefficient (Wildman–Crippen LogP) is 3.41. The van der Waals surface area contributed by atoms with Gasteiger partial charge in [-0.1, -0.05) is 11.6 Å². The number of methoxy groups -OCH3 is 1. The van der Waals surface area contributed by atoms with Gasteiger partial charge < -0.3 is 14.8 Å². The Labute approximate surface area is 121 Å². The lowest BCUT2D eigenvalue weighted by Crippen LogP contribution is -2.11. The number of halogens is 2. The zero-order valence-corrected chi connectivity index (χ0v) is 12.8. The minimum absolute atomic E-state index is 0.672. The highest BCUT2D eigenvalue weighted by atomic mass is 127. The van der Waals surface area contributed by atoms with E-state index in [1.54, 1.807) is 7.11 Å². The molecule has 3 nitrogen and oxygen atoms in total. The zero-order chi connectivity index (χ0) is 12.5. The summed E-state index contributed by atoms with van der Waals surface area (Å²) in [7, 11) is 1.70. The molecule has 0 unspecified atom stereocenters. The van der Waals surface area contributed by atoms with Crippen molar-refractivity contribution in [3.63, 3.8) is 0 Å². The summed E-state index contributed by atoms with van der Waals surface area (Å²) in [5.41, 5.74) is 0.957. The fourth-order valence-electron chi connectivity index (χ4n) is 1.30. The second-order valence-electron chi connectivity index (χ2n) is 3.51. The molecule has 0 aliphatic rings. The Morgan fingerprint density at radius 3 is 2.88 bits per heavy atom. The van der Waals surface area contributed by atoms with Crippen LogP contribution in [-0.4, -0.2) is 33.5 Å². The van der Waals surface area contributed by atoms with E-state index in [9.17, 15) is 0 Å². The molecule has 0 amide bonds. The monoisotopic (exact) mass is 369 g/mol. The summed E-state index contributed by atoms with van der Waals surface area (Å²) in [5, 5.41) is 3.99. The molecule has 0 heterocycles. The number of anilines is 1. The normalized spacial score (nSPS) is 10.5. The van der Waals surface area contributed by atoms with E-state index in [0.29, 0.717) is 6.61 Å². The molecule has 96 valence electrons. The Morgan fingerprint density at radius 1 is 1.29 bits per heavy atom. The van der Waals surface area contributed by atoms with Crippen LogP contribution in [0.4, 0.5) is 5.69 Å². The van der Waals surface area contributed by atoms with Gasteiger partial charge in [-0.15, -0.1) is 0 Å². The van der Waals surface area contributed by atoms with Gasteiger partial charge in [-0.2, -0.15) is 0 Å². The second kappa shape index (κ2) is 8.97. The molecule has 0 fully saturated rings. The summed E-state index contributed by atoms with van der Waals surface area (Å²) in [6.07, 6.45) is 0.931. The van der Waals surface area contributed by atoms with E-state index in [-0.39, 0.29) is 0 Å². The van der Waals surface area contributed by atoms with E-state index in [4.69, 9.17) is 21.1 Å². The van der Waals surface area contributed by atoms with Crippen LogP contribution >= 0.6 is 34.2 Å². The number of ether oxygens (including phenoxy) is 2. The first kappa shape index (κ1) is 15.0. The van der Waals surface area contributed by atoms with Gasteiger partial charge in [-0.25, -0.2) is 0 Å². The molecule has 0 saturated heterocycles. The average molecular weight is 370 g/mol. The summed E-state index contributed by atoms with van der Waals surface area (Å²) in [6, 6.07) is 5.90. The van der Waals surface area contributed by atoms with Crippen LogP contribution in [0.2, 0.25) is 5.02 Å². The standard InChI is InChI=1S/C12H17ClINO2/c1-16-6-2-7-17-8-5-15-12-9-10(14)3-4-11(12)13/h3-4,9,15H,2,5-8H2,1H3. The highest BCUT2D eigenvalue weighted by molar-refractivity contribution is 14.1. The van der Waals surface area contributed by atoms with Gasteiger partial charge in [0.2, 0.25) is 0 Å². The first-order chi connectivity index (χ1) is 8.24. The molecule has 1 rings (SSSR count). The number of rotatable bonds is 8. The minimum Gasteiger partial charge on any atom is -0.385 e. The summed E-state index contributed by atoms with van der Waals surface area (Å²) in [6.45, 7) is 2.91. The Hall–Kier alpha value is -0.0400. The number of nitrogens with one attached hydrogen (secondary N) is 1. The summed E-state index contributed by atoms with van der Waals surface area (Å²) in [5.74, 6) is 0. The Balaban J connectivity index is 2.15. The van der Waals surface area contributed by atoms with Crippen molar-refractivity contribution in [3.05, 3.63) is 26.8 Å². The minimum atomic E-state index is 0.672. The van der Waals surface area contributed by atoms with Gasteiger partial charge in [0.25, 0.3) is 0 Å². The van der Waals surface area contributed by atoms with Gasteiger partial charge in [0.1, 0.15) is 0 Å². The molecule has 5 heteroatoms. The zero-order valence-electron chi connectivity index (χ0n) is 9.84. The van der Waals surface area contributed by atoms with Gasteiger partial charge in [-0.3, -0.25) is 0 Å². The van der Waals surface area contributed by atoms with Crippen molar-refractivity contribution in [2.75, 3.05) is 38.8 Å². The molecule has 0 saturated carbocycles. The first-order valence-electron chi connectivity index (χ1n) is 5.49. The number of benzene rings is 1. The molecule has 1 aromatic rings. The molecule has 0 spiro atoms. The van der Waals surface area contributed by atoms with Crippen molar-refractivity contribution in [1.29, 1.82) is 0 Å². The highest BCUT2D eigenvalue weighted by Gasteiger charge is 1.99. The predicted molar refractivity (Wildman–Crippen MR) is 80.0 cm³/mol. The molecule has 0 aliphatic heterocycles. The van der Waals surface area contributed by atoms with Crippen LogP contribution in [0.1, 0.15) is 6.42 Å². The summed E-state index contributed by atoms with van der Waals surface area (Å²) >= 11 is 8.32. The summed E-state index contributed by atoms with van der Waals surface area (Å²) in [4.78, 5) is 0.